The van der Waals surface area contributed by atoms with Crippen molar-refractivity contribution in [2.75, 3.05) is 31.1 Å². The van der Waals surface area contributed by atoms with E-state index in [9.17, 15) is 22.5 Å². The zero-order valence-electron chi connectivity index (χ0n) is 16.4. The van der Waals surface area contributed by atoms with Crippen LogP contribution in [0.5, 0.6) is 0 Å². The predicted octanol–water partition coefficient (Wildman–Crippen LogP) is -0.0770. The Morgan fingerprint density at radius 3 is 2.15 bits per heavy atom. The molecule has 0 atom stereocenters. The van der Waals surface area contributed by atoms with Gasteiger partial charge < -0.3 is 27.5 Å². The number of halogens is 3. The summed E-state index contributed by atoms with van der Waals surface area (Å²) in [4.78, 5) is 26.5. The van der Waals surface area contributed by atoms with E-state index in [2.05, 4.69) is 0 Å². The summed E-state index contributed by atoms with van der Waals surface area (Å²) in [7, 11) is 0. The number of carbonyl (C=O) groups excluding carboxylic acids is 2. The summed E-state index contributed by atoms with van der Waals surface area (Å²) >= 11 is 0. The minimum absolute atomic E-state index is 0. The molecule has 1 heterocycles. The maximum Gasteiger partial charge on any atom is 1.00 e. The second kappa shape index (κ2) is 9.30. The van der Waals surface area contributed by atoms with Crippen molar-refractivity contribution in [3.63, 3.8) is 0 Å². The van der Waals surface area contributed by atoms with Crippen LogP contribution in [0.1, 0.15) is 36.7 Å². The van der Waals surface area contributed by atoms with Crippen molar-refractivity contribution >= 4 is 30.5 Å². The number of hydrogen-bond acceptors (Lipinski definition) is 4. The summed E-state index contributed by atoms with van der Waals surface area (Å²) in [6.07, 6.45) is -0.0135. The van der Waals surface area contributed by atoms with Crippen LogP contribution in [0.2, 0.25) is 0 Å². The minimum atomic E-state index is -5.21. The van der Waals surface area contributed by atoms with Gasteiger partial charge >= 0.3 is 64.5 Å². The Kier molecular flexibility index (Phi) is 8.43. The first-order chi connectivity index (χ1) is 11.9. The molecule has 0 spiro atoms. The fourth-order valence-electron chi connectivity index (χ4n) is 2.94. The van der Waals surface area contributed by atoms with E-state index in [1.54, 1.807) is 25.7 Å². The van der Waals surface area contributed by atoms with Crippen LogP contribution in [0.25, 0.3) is 0 Å². The fraction of sp³-hybridized carbons (Fsp3) is 0.529. The van der Waals surface area contributed by atoms with Gasteiger partial charge in [-0.2, -0.15) is 0 Å². The topological polar surface area (TPSA) is 49.9 Å². The SMILES string of the molecule is Cc1c(N2CCN(C(=O)OC(C)(C)C)CC2)cc(C=O)cc1[B-](F)(F)F.[K+]. The molecular formula is C17H23BF3KN2O3. The molecular weight excluding hydrogens is 387 g/mol. The molecule has 144 valence electrons. The predicted molar refractivity (Wildman–Crippen MR) is 95.3 cm³/mol. The molecule has 0 N–H and O–H groups in total. The number of carbonyl (C=O) groups is 2. The number of ether oxygens (including phenoxy) is 1. The Morgan fingerprint density at radius 1 is 1.15 bits per heavy atom. The summed E-state index contributed by atoms with van der Waals surface area (Å²) in [5.74, 6) is 0. The van der Waals surface area contributed by atoms with E-state index in [4.69, 9.17) is 4.74 Å². The molecule has 1 aliphatic heterocycles. The van der Waals surface area contributed by atoms with Crippen LogP contribution in [0.15, 0.2) is 12.1 Å². The summed E-state index contributed by atoms with van der Waals surface area (Å²) in [6.45, 7) is 2.93. The molecule has 5 nitrogen and oxygen atoms in total. The standard InChI is InChI=1S/C17H23BF3N2O3.K/c1-12-14(18(19,20)21)9-13(11-24)10-15(12)22-5-7-23(8-6-22)16(25)26-17(2,3)4;/h9-11H,5-8H2,1-4H3;/q-1;+1. The van der Waals surface area contributed by atoms with Crippen molar-refractivity contribution in [2.24, 2.45) is 0 Å². The molecule has 0 unspecified atom stereocenters. The van der Waals surface area contributed by atoms with Crippen LogP contribution >= 0.6 is 0 Å². The number of benzene rings is 1. The normalized spacial score (nSPS) is 15.2. The Hall–Kier alpha value is -0.549. The van der Waals surface area contributed by atoms with E-state index in [0.717, 1.165) is 6.07 Å². The number of aldehydes is 1. The Bertz CT molecular complexity index is 700. The number of anilines is 1. The number of piperazine rings is 1. The van der Waals surface area contributed by atoms with E-state index >= 15 is 0 Å². The molecule has 1 aliphatic rings. The molecule has 10 heteroatoms. The summed E-state index contributed by atoms with van der Waals surface area (Å²) in [5, 5.41) is 0. The molecule has 27 heavy (non-hydrogen) atoms. The van der Waals surface area contributed by atoms with Gasteiger partial charge in [0, 0.05) is 37.4 Å². The van der Waals surface area contributed by atoms with Gasteiger partial charge in [-0.25, -0.2) is 4.79 Å². The average Bonchev–Trinajstić information content (AvgIpc) is 2.52. The van der Waals surface area contributed by atoms with Crippen LogP contribution in [-0.2, 0) is 4.74 Å². The molecule has 1 aromatic carbocycles. The molecule has 0 bridgehead atoms. The summed E-state index contributed by atoms with van der Waals surface area (Å²) in [6, 6.07) is 2.36. The molecule has 1 fully saturated rings. The first-order valence-corrected chi connectivity index (χ1v) is 8.45. The van der Waals surface area contributed by atoms with Crippen molar-refractivity contribution in [1.82, 2.24) is 4.90 Å². The molecule has 0 aliphatic carbocycles. The van der Waals surface area contributed by atoms with Crippen molar-refractivity contribution in [3.05, 3.63) is 23.3 Å². The van der Waals surface area contributed by atoms with Crippen LogP contribution in [0.3, 0.4) is 0 Å². The van der Waals surface area contributed by atoms with Gasteiger partial charge in [-0.3, -0.25) is 4.79 Å². The van der Waals surface area contributed by atoms with E-state index in [1.165, 1.54) is 17.9 Å². The first kappa shape index (κ1) is 24.5. The molecule has 0 aromatic heterocycles. The summed E-state index contributed by atoms with van der Waals surface area (Å²) < 4.78 is 45.2. The van der Waals surface area contributed by atoms with Crippen LogP contribution in [-0.4, -0.2) is 56.0 Å². The third kappa shape index (κ3) is 6.49. The van der Waals surface area contributed by atoms with E-state index < -0.39 is 24.1 Å². The largest absolute Gasteiger partial charge is 1.00 e. The van der Waals surface area contributed by atoms with Gasteiger partial charge in [0.25, 0.3) is 0 Å². The van der Waals surface area contributed by atoms with Crippen LogP contribution < -0.4 is 61.7 Å². The first-order valence-electron chi connectivity index (χ1n) is 8.45. The van der Waals surface area contributed by atoms with Gasteiger partial charge in [0.1, 0.15) is 11.9 Å². The Balaban J connectivity index is 0.00000364. The van der Waals surface area contributed by atoms with E-state index in [0.29, 0.717) is 38.2 Å². The number of rotatable bonds is 3. The number of nitrogens with zero attached hydrogens (tertiary/aromatic N) is 2. The van der Waals surface area contributed by atoms with Gasteiger partial charge in [-0.15, -0.1) is 5.46 Å². The number of hydrogen-bond donors (Lipinski definition) is 0. The van der Waals surface area contributed by atoms with Gasteiger partial charge in [-0.1, -0.05) is 11.6 Å². The van der Waals surface area contributed by atoms with Gasteiger partial charge in [0.05, 0.1) is 0 Å². The zero-order valence-corrected chi connectivity index (χ0v) is 19.5. The van der Waals surface area contributed by atoms with Crippen molar-refractivity contribution in [3.8, 4) is 0 Å². The van der Waals surface area contributed by atoms with E-state index in [-0.39, 0.29) is 62.5 Å². The quantitative estimate of drug-likeness (QED) is 0.517. The van der Waals surface area contributed by atoms with Crippen molar-refractivity contribution in [1.29, 1.82) is 0 Å². The van der Waals surface area contributed by atoms with Gasteiger partial charge in [0.15, 0.2) is 0 Å². The van der Waals surface area contributed by atoms with Crippen molar-refractivity contribution < 1.29 is 78.7 Å². The fourth-order valence-corrected chi connectivity index (χ4v) is 2.94. The van der Waals surface area contributed by atoms with Crippen LogP contribution in [0, 0.1) is 6.92 Å². The smallest absolute Gasteiger partial charge is 0.445 e. The van der Waals surface area contributed by atoms with E-state index in [1.807, 2.05) is 0 Å². The molecule has 1 saturated heterocycles. The maximum atomic E-state index is 13.3. The second-order valence-corrected chi connectivity index (χ2v) is 7.40. The molecule has 0 radical (unpaired) electrons. The molecule has 2 rings (SSSR count). The molecule has 0 saturated carbocycles. The second-order valence-electron chi connectivity index (χ2n) is 7.40. The molecule has 1 amide bonds. The van der Waals surface area contributed by atoms with Crippen molar-refractivity contribution in [2.45, 2.75) is 33.3 Å². The average molecular weight is 410 g/mol. The van der Waals surface area contributed by atoms with Crippen LogP contribution in [0.4, 0.5) is 23.4 Å². The van der Waals surface area contributed by atoms with Gasteiger partial charge in [-0.05, 0) is 33.8 Å². The summed E-state index contributed by atoms with van der Waals surface area (Å²) in [5.41, 5.74) is -0.873. The third-order valence-electron chi connectivity index (χ3n) is 4.20. The maximum absolute atomic E-state index is 13.3. The Labute approximate surface area is 200 Å². The van der Waals surface area contributed by atoms with Gasteiger partial charge in [0.2, 0.25) is 0 Å². The number of amides is 1. The Morgan fingerprint density at radius 2 is 1.70 bits per heavy atom. The minimum Gasteiger partial charge on any atom is -0.445 e. The molecule has 1 aromatic rings. The third-order valence-corrected chi connectivity index (χ3v) is 4.20. The monoisotopic (exact) mass is 410 g/mol. The zero-order chi connectivity index (χ0) is 19.7.